The molecule has 1 aromatic carbocycles. The number of rotatable bonds is 4. The first-order chi connectivity index (χ1) is 8.22. The number of benzene rings is 1. The lowest BCUT2D eigenvalue weighted by atomic mass is 10.1. The van der Waals surface area contributed by atoms with E-state index >= 15 is 0 Å². The van der Waals surface area contributed by atoms with Crippen LogP contribution in [0.5, 0.6) is 0 Å². The highest BCUT2D eigenvalue weighted by atomic mass is 35.5. The molecule has 0 saturated carbocycles. The van der Waals surface area contributed by atoms with E-state index in [4.69, 9.17) is 11.6 Å². The Kier molecular flexibility index (Phi) is 3.91. The number of nitrogens with zero attached hydrogens (tertiary/aromatic N) is 2. The van der Waals surface area contributed by atoms with Crippen molar-refractivity contribution < 1.29 is 4.39 Å². The molecule has 0 radical (unpaired) electrons. The van der Waals surface area contributed by atoms with Crippen LogP contribution >= 0.6 is 23.3 Å². The lowest BCUT2D eigenvalue weighted by Crippen LogP contribution is -2.01. The SMILES string of the molecule is CCCNc1nsnc1-c1cc(F)ccc1Cl. The highest BCUT2D eigenvalue weighted by Gasteiger charge is 2.13. The summed E-state index contributed by atoms with van der Waals surface area (Å²) in [6.45, 7) is 2.85. The molecule has 0 atom stereocenters. The maximum atomic E-state index is 13.2. The minimum absolute atomic E-state index is 0.334. The Morgan fingerprint density at radius 1 is 1.41 bits per heavy atom. The van der Waals surface area contributed by atoms with Gasteiger partial charge in [0.05, 0.1) is 16.8 Å². The molecule has 0 aliphatic heterocycles. The Morgan fingerprint density at radius 3 is 3.00 bits per heavy atom. The summed E-state index contributed by atoms with van der Waals surface area (Å²) in [6, 6.07) is 4.22. The van der Waals surface area contributed by atoms with Crippen LogP contribution in [0.25, 0.3) is 11.3 Å². The van der Waals surface area contributed by atoms with Crippen LogP contribution in [0.3, 0.4) is 0 Å². The molecular weight excluding hydrogens is 261 g/mol. The first-order valence-corrected chi connectivity index (χ1v) is 6.35. The van der Waals surface area contributed by atoms with Crippen LogP contribution < -0.4 is 5.32 Å². The highest BCUT2D eigenvalue weighted by Crippen LogP contribution is 2.32. The molecule has 6 heteroatoms. The first-order valence-electron chi connectivity index (χ1n) is 5.24. The second kappa shape index (κ2) is 5.42. The van der Waals surface area contributed by atoms with Gasteiger partial charge in [-0.15, -0.1) is 0 Å². The van der Waals surface area contributed by atoms with Crippen LogP contribution in [0.1, 0.15) is 13.3 Å². The van der Waals surface area contributed by atoms with Crippen molar-refractivity contribution in [1.82, 2.24) is 8.75 Å². The van der Waals surface area contributed by atoms with E-state index in [-0.39, 0.29) is 5.82 Å². The van der Waals surface area contributed by atoms with Crippen LogP contribution in [-0.2, 0) is 0 Å². The molecule has 0 saturated heterocycles. The fourth-order valence-corrected chi connectivity index (χ4v) is 2.15. The van der Waals surface area contributed by atoms with E-state index in [0.717, 1.165) is 24.7 Å². The van der Waals surface area contributed by atoms with Crippen molar-refractivity contribution >= 4 is 29.1 Å². The van der Waals surface area contributed by atoms with Gasteiger partial charge in [-0.3, -0.25) is 0 Å². The second-order valence-electron chi connectivity index (χ2n) is 3.51. The third-order valence-corrected chi connectivity index (χ3v) is 3.07. The van der Waals surface area contributed by atoms with Crippen molar-refractivity contribution in [2.45, 2.75) is 13.3 Å². The van der Waals surface area contributed by atoms with Gasteiger partial charge in [-0.2, -0.15) is 8.75 Å². The molecular formula is C11H11ClFN3S. The van der Waals surface area contributed by atoms with Gasteiger partial charge in [0.25, 0.3) is 0 Å². The van der Waals surface area contributed by atoms with E-state index < -0.39 is 0 Å². The van der Waals surface area contributed by atoms with E-state index in [0.29, 0.717) is 22.1 Å². The van der Waals surface area contributed by atoms with Crippen molar-refractivity contribution in [3.05, 3.63) is 29.0 Å². The lowest BCUT2D eigenvalue weighted by Gasteiger charge is -2.05. The van der Waals surface area contributed by atoms with Crippen molar-refractivity contribution in [2.24, 2.45) is 0 Å². The molecule has 1 heterocycles. The lowest BCUT2D eigenvalue weighted by molar-refractivity contribution is 0.628. The van der Waals surface area contributed by atoms with Gasteiger partial charge in [0.1, 0.15) is 11.5 Å². The molecule has 2 aromatic rings. The fraction of sp³-hybridized carbons (Fsp3) is 0.273. The zero-order chi connectivity index (χ0) is 12.3. The number of halogens is 2. The van der Waals surface area contributed by atoms with Gasteiger partial charge in [-0.05, 0) is 24.6 Å². The molecule has 90 valence electrons. The molecule has 0 spiro atoms. The van der Waals surface area contributed by atoms with Crippen molar-refractivity contribution in [3.8, 4) is 11.3 Å². The number of aromatic nitrogens is 2. The fourth-order valence-electron chi connectivity index (χ4n) is 1.40. The van der Waals surface area contributed by atoms with E-state index in [9.17, 15) is 4.39 Å². The van der Waals surface area contributed by atoms with Crippen LogP contribution in [0.15, 0.2) is 18.2 Å². The molecule has 0 unspecified atom stereocenters. The van der Waals surface area contributed by atoms with Gasteiger partial charge >= 0.3 is 0 Å². The smallest absolute Gasteiger partial charge is 0.168 e. The van der Waals surface area contributed by atoms with E-state index in [2.05, 4.69) is 21.0 Å². The Labute approximate surface area is 108 Å². The predicted octanol–water partition coefficient (Wildman–Crippen LogP) is 3.82. The van der Waals surface area contributed by atoms with Crippen molar-refractivity contribution in [1.29, 1.82) is 0 Å². The summed E-state index contributed by atoms with van der Waals surface area (Å²) in [7, 11) is 0. The van der Waals surface area contributed by atoms with Crippen molar-refractivity contribution in [3.63, 3.8) is 0 Å². The molecule has 0 aliphatic rings. The normalized spacial score (nSPS) is 10.5. The van der Waals surface area contributed by atoms with E-state index in [1.54, 1.807) is 0 Å². The highest BCUT2D eigenvalue weighted by molar-refractivity contribution is 6.99. The van der Waals surface area contributed by atoms with Crippen LogP contribution in [-0.4, -0.2) is 15.3 Å². The number of nitrogens with one attached hydrogen (secondary N) is 1. The molecule has 0 fully saturated rings. The Bertz CT molecular complexity index is 515. The molecule has 17 heavy (non-hydrogen) atoms. The number of anilines is 1. The van der Waals surface area contributed by atoms with Gasteiger partial charge in [0, 0.05) is 12.1 Å². The van der Waals surface area contributed by atoms with Crippen LogP contribution in [0, 0.1) is 5.82 Å². The zero-order valence-electron chi connectivity index (χ0n) is 9.20. The molecule has 2 rings (SSSR count). The monoisotopic (exact) mass is 271 g/mol. The summed E-state index contributed by atoms with van der Waals surface area (Å²) in [6.07, 6.45) is 0.980. The first kappa shape index (κ1) is 12.3. The van der Waals surface area contributed by atoms with Gasteiger partial charge < -0.3 is 5.32 Å². The Morgan fingerprint density at radius 2 is 2.24 bits per heavy atom. The molecule has 1 aromatic heterocycles. The van der Waals surface area contributed by atoms with E-state index in [1.165, 1.54) is 18.2 Å². The third kappa shape index (κ3) is 2.73. The summed E-state index contributed by atoms with van der Waals surface area (Å²) < 4.78 is 21.5. The third-order valence-electron chi connectivity index (χ3n) is 2.21. The molecule has 0 amide bonds. The van der Waals surface area contributed by atoms with Crippen LogP contribution in [0.2, 0.25) is 5.02 Å². The minimum atomic E-state index is -0.334. The minimum Gasteiger partial charge on any atom is -0.367 e. The molecule has 3 nitrogen and oxygen atoms in total. The Balaban J connectivity index is 2.38. The van der Waals surface area contributed by atoms with Gasteiger partial charge in [0.2, 0.25) is 0 Å². The topological polar surface area (TPSA) is 37.8 Å². The molecule has 1 N–H and O–H groups in total. The van der Waals surface area contributed by atoms with Crippen LogP contribution in [0.4, 0.5) is 10.2 Å². The molecule has 0 aliphatic carbocycles. The van der Waals surface area contributed by atoms with Gasteiger partial charge in [-0.1, -0.05) is 18.5 Å². The standard InChI is InChI=1S/C11H11ClFN3S/c1-2-5-14-11-10(15-17-16-11)8-6-7(13)3-4-9(8)12/h3-4,6H,2,5H2,1H3,(H,14,16). The van der Waals surface area contributed by atoms with Crippen molar-refractivity contribution in [2.75, 3.05) is 11.9 Å². The molecule has 0 bridgehead atoms. The quantitative estimate of drug-likeness (QED) is 0.919. The summed E-state index contributed by atoms with van der Waals surface area (Å²) in [5, 5.41) is 3.61. The largest absolute Gasteiger partial charge is 0.367 e. The Hall–Kier alpha value is -1.20. The summed E-state index contributed by atoms with van der Waals surface area (Å²) >= 11 is 7.12. The number of hydrogen-bond donors (Lipinski definition) is 1. The summed E-state index contributed by atoms with van der Waals surface area (Å²) in [4.78, 5) is 0. The summed E-state index contributed by atoms with van der Waals surface area (Å²) in [5.41, 5.74) is 1.17. The number of hydrogen-bond acceptors (Lipinski definition) is 4. The zero-order valence-corrected chi connectivity index (χ0v) is 10.8. The van der Waals surface area contributed by atoms with Gasteiger partial charge in [0.15, 0.2) is 5.82 Å². The maximum Gasteiger partial charge on any atom is 0.168 e. The van der Waals surface area contributed by atoms with Gasteiger partial charge in [-0.25, -0.2) is 4.39 Å². The van der Waals surface area contributed by atoms with E-state index in [1.807, 2.05) is 0 Å². The maximum absolute atomic E-state index is 13.2. The average Bonchev–Trinajstić information content (AvgIpc) is 2.77. The summed E-state index contributed by atoms with van der Waals surface area (Å²) in [5.74, 6) is 0.322. The second-order valence-corrected chi connectivity index (χ2v) is 4.45. The predicted molar refractivity (Wildman–Crippen MR) is 69.1 cm³/mol. The average molecular weight is 272 g/mol.